The number of fused-ring (bicyclic) bond motifs is 1. The van der Waals surface area contributed by atoms with E-state index in [9.17, 15) is 19.9 Å². The number of phenolic OH excluding ortho intramolecular Hbond substituents is 1. The van der Waals surface area contributed by atoms with Crippen LogP contribution in [0.15, 0.2) is 39.7 Å². The van der Waals surface area contributed by atoms with Crippen LogP contribution in [0.2, 0.25) is 0 Å². The van der Waals surface area contributed by atoms with Gasteiger partial charge >= 0.3 is 0 Å². The molecule has 1 aliphatic rings. The maximum absolute atomic E-state index is 12.4. The summed E-state index contributed by atoms with van der Waals surface area (Å²) in [6.07, 6.45) is 1.26. The van der Waals surface area contributed by atoms with Crippen molar-refractivity contribution in [2.24, 2.45) is 0 Å². The van der Waals surface area contributed by atoms with Crippen LogP contribution in [0.25, 0.3) is 11.1 Å². The van der Waals surface area contributed by atoms with E-state index < -0.39 is 5.43 Å². The zero-order valence-corrected chi connectivity index (χ0v) is 10.4. The predicted octanol–water partition coefficient (Wildman–Crippen LogP) is 1.33. The van der Waals surface area contributed by atoms with Crippen LogP contribution in [0.3, 0.4) is 0 Å². The quantitative estimate of drug-likeness (QED) is 0.814. The lowest BCUT2D eigenvalue weighted by Gasteiger charge is -2.22. The lowest BCUT2D eigenvalue weighted by atomic mass is 10.0. The van der Waals surface area contributed by atoms with Gasteiger partial charge in [-0.2, -0.15) is 0 Å². The number of nitrogens with zero attached hydrogens (tertiary/aromatic N) is 1. The molecule has 0 bridgehead atoms. The fourth-order valence-electron chi connectivity index (χ4n) is 2.20. The standard InChI is InChI=1S/C14H11NO5/c16-9-3-1-8(2-4-9)11-7-20-12-5-10(17)6-15(19)13(12)14(11)18/h1-4,7,16,19H,5-6H2. The Morgan fingerprint density at radius 1 is 1.15 bits per heavy atom. The van der Waals surface area contributed by atoms with Crippen molar-refractivity contribution in [3.05, 3.63) is 46.5 Å². The summed E-state index contributed by atoms with van der Waals surface area (Å²) >= 11 is 0. The van der Waals surface area contributed by atoms with Crippen molar-refractivity contribution >= 4 is 11.5 Å². The van der Waals surface area contributed by atoms with Gasteiger partial charge < -0.3 is 9.52 Å². The molecule has 0 saturated carbocycles. The highest BCUT2D eigenvalue weighted by Crippen LogP contribution is 2.26. The van der Waals surface area contributed by atoms with Gasteiger partial charge in [0.25, 0.3) is 0 Å². The SMILES string of the molecule is O=C1Cc2occ(-c3ccc(O)cc3)c(=O)c2N(O)C1. The number of carbonyl (C=O) groups is 1. The highest BCUT2D eigenvalue weighted by Gasteiger charge is 2.27. The van der Waals surface area contributed by atoms with Crippen LogP contribution in [-0.2, 0) is 11.2 Å². The van der Waals surface area contributed by atoms with E-state index in [-0.39, 0.29) is 41.5 Å². The molecular formula is C14H11NO5. The summed E-state index contributed by atoms with van der Waals surface area (Å²) in [5.74, 6) is 0.0299. The molecule has 0 radical (unpaired) electrons. The number of Topliss-reactive ketones (excluding diaryl/α,β-unsaturated/α-hetero) is 1. The average molecular weight is 273 g/mol. The van der Waals surface area contributed by atoms with Crippen LogP contribution in [0.4, 0.5) is 5.69 Å². The Balaban J connectivity index is 2.16. The minimum atomic E-state index is -0.410. The normalized spacial score (nSPS) is 14.2. The molecule has 6 nitrogen and oxygen atoms in total. The minimum Gasteiger partial charge on any atom is -0.508 e. The Bertz CT molecular complexity index is 732. The number of phenols is 1. The van der Waals surface area contributed by atoms with Crippen LogP contribution in [0.5, 0.6) is 5.75 Å². The highest BCUT2D eigenvalue weighted by atomic mass is 16.5. The molecule has 0 spiro atoms. The maximum atomic E-state index is 12.4. The van der Waals surface area contributed by atoms with E-state index in [0.29, 0.717) is 10.6 Å². The van der Waals surface area contributed by atoms with E-state index in [4.69, 9.17) is 4.42 Å². The molecule has 6 heteroatoms. The van der Waals surface area contributed by atoms with Gasteiger partial charge in [-0.25, -0.2) is 5.06 Å². The third-order valence-electron chi connectivity index (χ3n) is 3.16. The van der Waals surface area contributed by atoms with Gasteiger partial charge in [0.05, 0.1) is 12.0 Å². The van der Waals surface area contributed by atoms with Crippen LogP contribution in [-0.4, -0.2) is 22.6 Å². The molecule has 0 saturated heterocycles. The van der Waals surface area contributed by atoms with Crippen molar-refractivity contribution in [2.45, 2.75) is 6.42 Å². The molecule has 0 atom stereocenters. The number of hydrogen-bond acceptors (Lipinski definition) is 6. The van der Waals surface area contributed by atoms with Gasteiger partial charge in [0, 0.05) is 0 Å². The predicted molar refractivity (Wildman–Crippen MR) is 69.9 cm³/mol. The van der Waals surface area contributed by atoms with Crippen LogP contribution in [0, 0.1) is 0 Å². The topological polar surface area (TPSA) is 91.0 Å². The Morgan fingerprint density at radius 3 is 2.55 bits per heavy atom. The zero-order valence-electron chi connectivity index (χ0n) is 10.4. The molecular weight excluding hydrogens is 262 g/mol. The third kappa shape index (κ3) is 1.96. The zero-order chi connectivity index (χ0) is 14.3. The molecule has 20 heavy (non-hydrogen) atoms. The number of hydroxylamine groups is 1. The number of anilines is 1. The molecule has 2 N–H and O–H groups in total. The van der Waals surface area contributed by atoms with Crippen LogP contribution >= 0.6 is 0 Å². The first-order valence-electron chi connectivity index (χ1n) is 5.98. The Hall–Kier alpha value is -2.60. The van der Waals surface area contributed by atoms with Crippen molar-refractivity contribution in [3.63, 3.8) is 0 Å². The molecule has 2 heterocycles. The monoisotopic (exact) mass is 273 g/mol. The third-order valence-corrected chi connectivity index (χ3v) is 3.16. The van der Waals surface area contributed by atoms with E-state index in [1.54, 1.807) is 12.1 Å². The first-order chi connectivity index (χ1) is 9.56. The van der Waals surface area contributed by atoms with Crippen molar-refractivity contribution in [1.29, 1.82) is 0 Å². The second-order valence-electron chi connectivity index (χ2n) is 4.57. The van der Waals surface area contributed by atoms with Crippen molar-refractivity contribution < 1.29 is 19.5 Å². The molecule has 3 rings (SSSR count). The second-order valence-corrected chi connectivity index (χ2v) is 4.57. The van der Waals surface area contributed by atoms with E-state index in [1.807, 2.05) is 0 Å². The molecule has 102 valence electrons. The summed E-state index contributed by atoms with van der Waals surface area (Å²) in [6, 6.07) is 6.05. The first kappa shape index (κ1) is 12.4. The summed E-state index contributed by atoms with van der Waals surface area (Å²) in [5, 5.41) is 19.6. The number of carbonyl (C=O) groups excluding carboxylic acids is 1. The lowest BCUT2D eigenvalue weighted by Crippen LogP contribution is -2.36. The lowest BCUT2D eigenvalue weighted by molar-refractivity contribution is -0.118. The van der Waals surface area contributed by atoms with Gasteiger partial charge in [-0.3, -0.25) is 14.8 Å². The fourth-order valence-corrected chi connectivity index (χ4v) is 2.20. The number of benzene rings is 1. The number of rotatable bonds is 1. The van der Waals surface area contributed by atoms with Gasteiger partial charge in [0.1, 0.15) is 24.3 Å². The van der Waals surface area contributed by atoms with E-state index in [1.165, 1.54) is 18.4 Å². The van der Waals surface area contributed by atoms with E-state index >= 15 is 0 Å². The van der Waals surface area contributed by atoms with E-state index in [0.717, 1.165) is 0 Å². The molecule has 2 aromatic rings. The summed E-state index contributed by atoms with van der Waals surface area (Å²) in [4.78, 5) is 23.7. The Labute approximate surface area is 113 Å². The van der Waals surface area contributed by atoms with Crippen LogP contribution < -0.4 is 10.5 Å². The van der Waals surface area contributed by atoms with Crippen molar-refractivity contribution in [2.75, 3.05) is 11.6 Å². The number of ketones is 1. The van der Waals surface area contributed by atoms with Gasteiger partial charge in [-0.05, 0) is 17.7 Å². The molecule has 0 aliphatic carbocycles. The van der Waals surface area contributed by atoms with Crippen LogP contribution in [0.1, 0.15) is 5.76 Å². The number of aromatic hydroxyl groups is 1. The van der Waals surface area contributed by atoms with Gasteiger partial charge in [-0.1, -0.05) is 12.1 Å². The van der Waals surface area contributed by atoms with Gasteiger partial charge in [-0.15, -0.1) is 0 Å². The molecule has 1 aromatic carbocycles. The molecule has 1 aliphatic heterocycles. The van der Waals surface area contributed by atoms with Gasteiger partial charge in [0.15, 0.2) is 11.5 Å². The molecule has 0 unspecified atom stereocenters. The maximum Gasteiger partial charge on any atom is 0.218 e. The minimum absolute atomic E-state index is 0.00249. The fraction of sp³-hybridized carbons (Fsp3) is 0.143. The number of hydrogen-bond donors (Lipinski definition) is 2. The van der Waals surface area contributed by atoms with E-state index in [2.05, 4.69) is 0 Å². The Morgan fingerprint density at radius 2 is 1.85 bits per heavy atom. The summed E-state index contributed by atoms with van der Waals surface area (Å²) in [5.41, 5.74) is 0.406. The molecule has 1 aromatic heterocycles. The average Bonchev–Trinajstić information content (AvgIpc) is 2.39. The largest absolute Gasteiger partial charge is 0.508 e. The summed E-state index contributed by atoms with van der Waals surface area (Å²) in [7, 11) is 0. The first-order valence-corrected chi connectivity index (χ1v) is 5.98. The molecule has 0 fully saturated rings. The molecule has 0 amide bonds. The smallest absolute Gasteiger partial charge is 0.218 e. The second kappa shape index (κ2) is 4.50. The summed E-state index contributed by atoms with van der Waals surface area (Å²) in [6.45, 7) is -0.225. The van der Waals surface area contributed by atoms with Crippen molar-refractivity contribution in [3.8, 4) is 16.9 Å². The summed E-state index contributed by atoms with van der Waals surface area (Å²) < 4.78 is 5.30. The highest BCUT2D eigenvalue weighted by molar-refractivity contribution is 5.89. The van der Waals surface area contributed by atoms with Gasteiger partial charge in [0.2, 0.25) is 5.43 Å². The Kier molecular flexibility index (Phi) is 2.80. The van der Waals surface area contributed by atoms with Crippen molar-refractivity contribution in [1.82, 2.24) is 0 Å².